The van der Waals surface area contributed by atoms with Crippen LogP contribution in [-0.2, 0) is 0 Å². The Morgan fingerprint density at radius 2 is 2.00 bits per heavy atom. The molecule has 0 unspecified atom stereocenters. The Morgan fingerprint density at radius 3 is 2.75 bits per heavy atom. The number of likely N-dealkylation sites (tertiary alicyclic amines) is 1. The molecule has 1 fully saturated rings. The van der Waals surface area contributed by atoms with Gasteiger partial charge in [-0.25, -0.2) is 4.98 Å². The van der Waals surface area contributed by atoms with Crippen molar-refractivity contribution in [1.29, 1.82) is 0 Å². The molecule has 1 saturated heterocycles. The Kier molecular flexibility index (Phi) is 5.53. The van der Waals surface area contributed by atoms with E-state index in [-0.39, 0.29) is 6.04 Å². The zero-order valence-corrected chi connectivity index (χ0v) is 17.7. The van der Waals surface area contributed by atoms with E-state index in [1.54, 1.807) is 0 Å². The number of pyridine rings is 1. The van der Waals surface area contributed by atoms with Crippen LogP contribution in [0.15, 0.2) is 18.2 Å². The van der Waals surface area contributed by atoms with Gasteiger partial charge in [0.2, 0.25) is 0 Å². The van der Waals surface area contributed by atoms with Gasteiger partial charge in [0.25, 0.3) is 0 Å². The highest BCUT2D eigenvalue weighted by molar-refractivity contribution is 6.29. The average molecular weight is 404 g/mol. The molecule has 3 heterocycles. The number of hydrogen-bond donors (Lipinski definition) is 2. The smallest absolute Gasteiger partial charge is 0.131 e. The fourth-order valence-corrected chi connectivity index (χ4v) is 4.68. The minimum absolute atomic E-state index is 0.200. The summed E-state index contributed by atoms with van der Waals surface area (Å²) in [7, 11) is 0. The van der Waals surface area contributed by atoms with Gasteiger partial charge in [-0.2, -0.15) is 0 Å². The van der Waals surface area contributed by atoms with E-state index < -0.39 is 11.7 Å². The zero-order chi connectivity index (χ0) is 19.9. The van der Waals surface area contributed by atoms with Crippen molar-refractivity contribution in [1.82, 2.24) is 15.2 Å². The summed E-state index contributed by atoms with van der Waals surface area (Å²) in [6, 6.07) is 5.72. The van der Waals surface area contributed by atoms with Crippen LogP contribution < -0.4 is 10.1 Å². The van der Waals surface area contributed by atoms with Crippen molar-refractivity contribution in [2.75, 3.05) is 26.2 Å². The van der Waals surface area contributed by atoms with Crippen LogP contribution in [0.25, 0.3) is 10.9 Å². The Balaban J connectivity index is 1.63. The quantitative estimate of drug-likeness (QED) is 0.759. The maximum Gasteiger partial charge on any atom is 0.131 e. The van der Waals surface area contributed by atoms with Gasteiger partial charge in [-0.15, -0.1) is 0 Å². The van der Waals surface area contributed by atoms with Gasteiger partial charge >= 0.3 is 0 Å². The lowest BCUT2D eigenvalue weighted by Gasteiger charge is -2.43. The first-order valence-electron chi connectivity index (χ1n) is 10.3. The number of ether oxygens (including phenoxy) is 1. The second kappa shape index (κ2) is 7.79. The van der Waals surface area contributed by atoms with Crippen molar-refractivity contribution in [3.63, 3.8) is 0 Å². The summed E-state index contributed by atoms with van der Waals surface area (Å²) in [5.74, 6) is 0.811. The summed E-state index contributed by atoms with van der Waals surface area (Å²) in [6.07, 6.45) is 3.26. The fourth-order valence-electron chi connectivity index (χ4n) is 4.43. The van der Waals surface area contributed by atoms with Crippen molar-refractivity contribution in [2.45, 2.75) is 57.8 Å². The largest absolute Gasteiger partial charge is 0.485 e. The van der Waals surface area contributed by atoms with Gasteiger partial charge in [0, 0.05) is 24.0 Å². The van der Waals surface area contributed by atoms with Crippen LogP contribution in [0.4, 0.5) is 0 Å². The molecule has 4 rings (SSSR count). The van der Waals surface area contributed by atoms with Gasteiger partial charge < -0.3 is 20.1 Å². The number of benzene rings is 1. The Bertz CT molecular complexity index is 864. The van der Waals surface area contributed by atoms with Crippen molar-refractivity contribution >= 4 is 22.5 Å². The molecule has 28 heavy (non-hydrogen) atoms. The summed E-state index contributed by atoms with van der Waals surface area (Å²) in [5, 5.41) is 16.1. The molecule has 2 N–H and O–H groups in total. The number of aromatic nitrogens is 1. The number of piperidine rings is 1. The molecule has 2 aromatic rings. The molecule has 5 nitrogen and oxygen atoms in total. The number of aliphatic hydroxyl groups excluding tert-OH is 1. The van der Waals surface area contributed by atoms with E-state index in [1.165, 1.54) is 32.4 Å². The molecule has 2 aliphatic heterocycles. The number of halogens is 1. The fraction of sp³-hybridized carbons (Fsp3) is 0.591. The van der Waals surface area contributed by atoms with Gasteiger partial charge in [-0.3, -0.25) is 0 Å². The lowest BCUT2D eigenvalue weighted by Crippen LogP contribution is -2.53. The topological polar surface area (TPSA) is 57.6 Å². The van der Waals surface area contributed by atoms with E-state index in [2.05, 4.69) is 15.2 Å². The van der Waals surface area contributed by atoms with E-state index in [0.29, 0.717) is 5.15 Å². The molecule has 2 atom stereocenters. The number of aryl methyl sites for hydroxylation is 1. The second-order valence-corrected chi connectivity index (χ2v) is 9.04. The van der Waals surface area contributed by atoms with Gasteiger partial charge in [-0.05, 0) is 70.5 Å². The van der Waals surface area contributed by atoms with Crippen LogP contribution in [0.3, 0.4) is 0 Å². The molecule has 0 radical (unpaired) electrons. The Labute approximate surface area is 172 Å². The summed E-state index contributed by atoms with van der Waals surface area (Å²) in [5.41, 5.74) is 2.19. The summed E-state index contributed by atoms with van der Waals surface area (Å²) in [4.78, 5) is 6.99. The molecule has 0 saturated carbocycles. The molecular weight excluding hydrogens is 374 g/mol. The van der Waals surface area contributed by atoms with Crippen LogP contribution in [-0.4, -0.2) is 52.9 Å². The predicted octanol–water partition coefficient (Wildman–Crippen LogP) is 3.85. The standard InChI is InChI=1S/C22H30ClN3O2/c1-14-11-19(23)25-17-12-16-18(13-15(14)17)28-22(2,3)21(27)20(16)24-7-10-26-8-5-4-6-9-26/h11-13,20-21,24,27H,4-10H2,1-3H3/t20-,21+/m0/s1. The van der Waals surface area contributed by atoms with Crippen LogP contribution >= 0.6 is 11.6 Å². The van der Waals surface area contributed by atoms with Crippen LogP contribution in [0.1, 0.15) is 50.3 Å². The third-order valence-corrected chi connectivity index (χ3v) is 6.29. The second-order valence-electron chi connectivity index (χ2n) is 8.65. The Hall–Kier alpha value is -1.40. The van der Waals surface area contributed by atoms with Crippen molar-refractivity contribution in [2.24, 2.45) is 0 Å². The number of nitrogens with one attached hydrogen (secondary N) is 1. The first-order valence-corrected chi connectivity index (χ1v) is 10.7. The third kappa shape index (κ3) is 3.86. The summed E-state index contributed by atoms with van der Waals surface area (Å²) < 4.78 is 6.19. The number of fused-ring (bicyclic) bond motifs is 2. The lowest BCUT2D eigenvalue weighted by atomic mass is 9.85. The third-order valence-electron chi connectivity index (χ3n) is 6.09. The van der Waals surface area contributed by atoms with Crippen LogP contribution in [0, 0.1) is 6.92 Å². The maximum absolute atomic E-state index is 11.0. The minimum atomic E-state index is -0.669. The monoisotopic (exact) mass is 403 g/mol. The molecule has 0 bridgehead atoms. The van der Waals surface area contributed by atoms with Gasteiger partial charge in [-0.1, -0.05) is 18.0 Å². The molecule has 6 heteroatoms. The number of nitrogens with zero attached hydrogens (tertiary/aromatic N) is 2. The first-order chi connectivity index (χ1) is 13.3. The van der Waals surface area contributed by atoms with Crippen molar-refractivity contribution in [3.8, 4) is 5.75 Å². The molecule has 1 aromatic heterocycles. The van der Waals surface area contributed by atoms with E-state index >= 15 is 0 Å². The van der Waals surface area contributed by atoms with E-state index in [4.69, 9.17) is 16.3 Å². The van der Waals surface area contributed by atoms with Gasteiger partial charge in [0.15, 0.2) is 0 Å². The molecule has 152 valence electrons. The normalized spacial score (nSPS) is 24.8. The number of aliphatic hydroxyl groups is 1. The highest BCUT2D eigenvalue weighted by Gasteiger charge is 2.43. The summed E-state index contributed by atoms with van der Waals surface area (Å²) >= 11 is 6.17. The van der Waals surface area contributed by atoms with E-state index in [0.717, 1.165) is 40.9 Å². The van der Waals surface area contributed by atoms with Crippen LogP contribution in [0.2, 0.25) is 5.15 Å². The highest BCUT2D eigenvalue weighted by atomic mass is 35.5. The SMILES string of the molecule is Cc1cc(Cl)nc2cc3c(cc12)OC(C)(C)[C@H](O)[C@H]3NCCN1CCCCC1. The van der Waals surface area contributed by atoms with E-state index in [9.17, 15) is 5.11 Å². The summed E-state index contributed by atoms with van der Waals surface area (Å²) in [6.45, 7) is 10.1. The van der Waals surface area contributed by atoms with Gasteiger partial charge in [0.1, 0.15) is 22.6 Å². The van der Waals surface area contributed by atoms with Crippen molar-refractivity contribution < 1.29 is 9.84 Å². The maximum atomic E-state index is 11.0. The van der Waals surface area contributed by atoms with Gasteiger partial charge in [0.05, 0.1) is 11.6 Å². The van der Waals surface area contributed by atoms with Crippen LogP contribution in [0.5, 0.6) is 5.75 Å². The first kappa shape index (κ1) is 19.9. The molecule has 0 amide bonds. The molecule has 0 spiro atoms. The number of hydrogen-bond acceptors (Lipinski definition) is 5. The molecular formula is C22H30ClN3O2. The predicted molar refractivity (Wildman–Crippen MR) is 113 cm³/mol. The number of rotatable bonds is 4. The lowest BCUT2D eigenvalue weighted by molar-refractivity contribution is -0.0646. The molecule has 2 aliphatic rings. The zero-order valence-electron chi connectivity index (χ0n) is 17.0. The average Bonchev–Trinajstić information content (AvgIpc) is 2.65. The molecule has 1 aromatic carbocycles. The Morgan fingerprint density at radius 1 is 1.25 bits per heavy atom. The highest BCUT2D eigenvalue weighted by Crippen LogP contribution is 2.42. The van der Waals surface area contributed by atoms with Crippen molar-refractivity contribution in [3.05, 3.63) is 34.5 Å². The minimum Gasteiger partial charge on any atom is -0.485 e. The van der Waals surface area contributed by atoms with E-state index in [1.807, 2.05) is 39.0 Å². The molecule has 0 aliphatic carbocycles.